The molecule has 1 amide bonds. The Morgan fingerprint density at radius 3 is 2.77 bits per heavy atom. The maximum Gasteiger partial charge on any atom is 0.313 e. The molecule has 136 valence electrons. The van der Waals surface area contributed by atoms with Crippen molar-refractivity contribution in [1.82, 2.24) is 5.32 Å². The quantitative estimate of drug-likeness (QED) is 0.814. The van der Waals surface area contributed by atoms with Gasteiger partial charge in [0.2, 0.25) is 0 Å². The second-order valence-corrected chi connectivity index (χ2v) is 6.41. The molecule has 0 unspecified atom stereocenters. The molecule has 7 heteroatoms. The molecule has 1 heterocycles. The summed E-state index contributed by atoms with van der Waals surface area (Å²) < 4.78 is 23.4. The molecule has 0 saturated carbocycles. The molecule has 26 heavy (non-hydrogen) atoms. The van der Waals surface area contributed by atoms with Crippen LogP contribution in [0, 0.1) is 11.7 Å². The van der Waals surface area contributed by atoms with E-state index in [1.807, 2.05) is 0 Å². The van der Waals surface area contributed by atoms with Crippen LogP contribution in [0.1, 0.15) is 11.1 Å². The number of hydrogen-bond donors (Lipinski definition) is 1. The molecule has 2 aromatic rings. The molecule has 0 radical (unpaired) electrons. The first-order valence-corrected chi connectivity index (χ1v) is 8.48. The van der Waals surface area contributed by atoms with Gasteiger partial charge in [0, 0.05) is 11.6 Å². The first kappa shape index (κ1) is 18.2. The van der Waals surface area contributed by atoms with Gasteiger partial charge in [0.25, 0.3) is 5.91 Å². The lowest BCUT2D eigenvalue weighted by molar-refractivity contribution is -0.153. The molecule has 0 aromatic heterocycles. The number of carbonyl (C=O) groups excluding carboxylic acids is 2. The van der Waals surface area contributed by atoms with Gasteiger partial charge in [-0.05, 0) is 47.9 Å². The highest BCUT2D eigenvalue weighted by Gasteiger charge is 2.27. The fraction of sp³-hybridized carbons (Fsp3) is 0.263. The zero-order valence-electron chi connectivity index (χ0n) is 13.8. The van der Waals surface area contributed by atoms with Gasteiger partial charge in [0.1, 0.15) is 18.2 Å². The number of carbonyl (C=O) groups is 2. The van der Waals surface area contributed by atoms with Gasteiger partial charge in [0.05, 0.1) is 5.92 Å². The first-order valence-electron chi connectivity index (χ1n) is 8.10. The van der Waals surface area contributed by atoms with Crippen molar-refractivity contribution in [2.75, 3.05) is 13.2 Å². The third-order valence-corrected chi connectivity index (χ3v) is 4.25. The first-order chi connectivity index (χ1) is 12.5. The van der Waals surface area contributed by atoms with E-state index in [9.17, 15) is 14.0 Å². The highest BCUT2D eigenvalue weighted by Crippen LogP contribution is 2.30. The van der Waals surface area contributed by atoms with Gasteiger partial charge in [-0.2, -0.15) is 0 Å². The average Bonchev–Trinajstić information content (AvgIpc) is 2.65. The summed E-state index contributed by atoms with van der Waals surface area (Å²) in [7, 11) is 0. The normalized spacial score (nSPS) is 15.5. The van der Waals surface area contributed by atoms with Crippen molar-refractivity contribution in [2.45, 2.75) is 13.0 Å². The Balaban J connectivity index is 1.45. The molecule has 5 nitrogen and oxygen atoms in total. The van der Waals surface area contributed by atoms with E-state index in [1.165, 1.54) is 12.1 Å². The van der Waals surface area contributed by atoms with E-state index in [2.05, 4.69) is 5.32 Å². The van der Waals surface area contributed by atoms with Crippen molar-refractivity contribution < 1.29 is 23.5 Å². The van der Waals surface area contributed by atoms with Crippen LogP contribution in [0.3, 0.4) is 0 Å². The Morgan fingerprint density at radius 1 is 1.23 bits per heavy atom. The van der Waals surface area contributed by atoms with Gasteiger partial charge in [0.15, 0.2) is 6.61 Å². The van der Waals surface area contributed by atoms with Crippen LogP contribution in [-0.4, -0.2) is 25.1 Å². The molecule has 0 aliphatic carbocycles. The van der Waals surface area contributed by atoms with Gasteiger partial charge in [-0.3, -0.25) is 9.59 Å². The van der Waals surface area contributed by atoms with Crippen LogP contribution < -0.4 is 10.1 Å². The summed E-state index contributed by atoms with van der Waals surface area (Å²) in [6.45, 7) is 0.0542. The Hall–Kier alpha value is -2.60. The van der Waals surface area contributed by atoms with E-state index in [4.69, 9.17) is 21.1 Å². The van der Waals surface area contributed by atoms with E-state index in [1.54, 1.807) is 30.3 Å². The second kappa shape index (κ2) is 8.19. The lowest BCUT2D eigenvalue weighted by Crippen LogP contribution is -2.33. The van der Waals surface area contributed by atoms with Crippen molar-refractivity contribution in [3.05, 3.63) is 64.4 Å². The zero-order chi connectivity index (χ0) is 18.5. The molecule has 0 bridgehead atoms. The van der Waals surface area contributed by atoms with E-state index < -0.39 is 17.8 Å². The minimum Gasteiger partial charge on any atom is -0.492 e. The number of benzene rings is 2. The summed E-state index contributed by atoms with van der Waals surface area (Å²) in [6.07, 6.45) is 0.450. The number of fused-ring (bicyclic) bond motifs is 1. The van der Waals surface area contributed by atoms with Crippen molar-refractivity contribution in [2.24, 2.45) is 5.92 Å². The molecule has 2 aromatic carbocycles. The van der Waals surface area contributed by atoms with Crippen LogP contribution in [0.25, 0.3) is 0 Å². The number of amides is 1. The van der Waals surface area contributed by atoms with E-state index in [0.29, 0.717) is 17.2 Å². The summed E-state index contributed by atoms with van der Waals surface area (Å²) in [6, 6.07) is 11.0. The van der Waals surface area contributed by atoms with Crippen LogP contribution >= 0.6 is 11.6 Å². The van der Waals surface area contributed by atoms with Crippen LogP contribution in [0.4, 0.5) is 4.39 Å². The molecular formula is C19H17ClFNO4. The minimum atomic E-state index is -0.493. The Labute approximate surface area is 155 Å². The zero-order valence-corrected chi connectivity index (χ0v) is 14.6. The third-order valence-electron chi connectivity index (χ3n) is 4.01. The Morgan fingerprint density at radius 2 is 2.00 bits per heavy atom. The maximum atomic E-state index is 12.8. The molecule has 0 saturated heterocycles. The predicted molar refractivity (Wildman–Crippen MR) is 93.3 cm³/mol. The lowest BCUT2D eigenvalue weighted by Gasteiger charge is -2.24. The summed E-state index contributed by atoms with van der Waals surface area (Å²) in [5, 5.41) is 3.18. The van der Waals surface area contributed by atoms with E-state index in [-0.39, 0.29) is 25.6 Å². The molecule has 1 aliphatic heterocycles. The van der Waals surface area contributed by atoms with Crippen molar-refractivity contribution in [3.63, 3.8) is 0 Å². The molecule has 3 rings (SSSR count). The topological polar surface area (TPSA) is 64.6 Å². The van der Waals surface area contributed by atoms with Gasteiger partial charge >= 0.3 is 5.97 Å². The summed E-state index contributed by atoms with van der Waals surface area (Å²) in [4.78, 5) is 24.0. The van der Waals surface area contributed by atoms with Crippen molar-refractivity contribution in [3.8, 4) is 5.75 Å². The Kier molecular flexibility index (Phi) is 5.73. The molecule has 0 spiro atoms. The van der Waals surface area contributed by atoms with E-state index >= 15 is 0 Å². The van der Waals surface area contributed by atoms with Gasteiger partial charge < -0.3 is 14.8 Å². The van der Waals surface area contributed by atoms with Gasteiger partial charge in [-0.1, -0.05) is 23.7 Å². The average molecular weight is 378 g/mol. The molecule has 1 atom stereocenters. The van der Waals surface area contributed by atoms with Crippen molar-refractivity contribution >= 4 is 23.5 Å². The predicted octanol–water partition coefficient (Wildman–Crippen LogP) is 2.89. The number of esters is 1. The minimum absolute atomic E-state index is 0.199. The molecule has 1 N–H and O–H groups in total. The number of ether oxygens (including phenoxy) is 2. The highest BCUT2D eigenvalue weighted by atomic mass is 35.5. The van der Waals surface area contributed by atoms with Crippen LogP contribution in [0.2, 0.25) is 5.02 Å². The number of nitrogens with one attached hydrogen (secondary N) is 1. The lowest BCUT2D eigenvalue weighted by atomic mass is 9.97. The monoisotopic (exact) mass is 377 g/mol. The molecule has 1 aliphatic rings. The highest BCUT2D eigenvalue weighted by molar-refractivity contribution is 6.30. The Bertz CT molecular complexity index is 810. The summed E-state index contributed by atoms with van der Waals surface area (Å²) in [5.41, 5.74) is 1.59. The SMILES string of the molecule is O=C(COC(=O)[C@@H]1COc2ccc(Cl)cc2C1)NCc1ccc(F)cc1. The standard InChI is InChI=1S/C19H17ClFNO4/c20-15-3-6-17-13(8-15)7-14(10-25-17)19(24)26-11-18(23)22-9-12-1-4-16(21)5-2-12/h1-6,8,14H,7,9-11H2,(H,22,23)/t14-/m0/s1. The third kappa shape index (κ3) is 4.73. The summed E-state index contributed by atoms with van der Waals surface area (Å²) >= 11 is 5.96. The number of rotatable bonds is 5. The van der Waals surface area contributed by atoms with E-state index in [0.717, 1.165) is 11.1 Å². The smallest absolute Gasteiger partial charge is 0.313 e. The summed E-state index contributed by atoms with van der Waals surface area (Å²) in [5.74, 6) is -1.04. The second-order valence-electron chi connectivity index (χ2n) is 5.98. The van der Waals surface area contributed by atoms with Gasteiger partial charge in [-0.15, -0.1) is 0 Å². The van der Waals surface area contributed by atoms with Crippen LogP contribution in [0.15, 0.2) is 42.5 Å². The molecular weight excluding hydrogens is 361 g/mol. The largest absolute Gasteiger partial charge is 0.492 e. The van der Waals surface area contributed by atoms with Crippen LogP contribution in [0.5, 0.6) is 5.75 Å². The van der Waals surface area contributed by atoms with Crippen molar-refractivity contribution in [1.29, 1.82) is 0 Å². The number of hydrogen-bond acceptors (Lipinski definition) is 4. The van der Waals surface area contributed by atoms with Gasteiger partial charge in [-0.25, -0.2) is 4.39 Å². The fourth-order valence-corrected chi connectivity index (χ4v) is 2.82. The molecule has 0 fully saturated rings. The number of halogens is 2. The van der Waals surface area contributed by atoms with Crippen LogP contribution in [-0.2, 0) is 27.3 Å². The fourth-order valence-electron chi connectivity index (χ4n) is 2.62. The maximum absolute atomic E-state index is 12.8.